The van der Waals surface area contributed by atoms with Crippen LogP contribution in [-0.2, 0) is 0 Å². The van der Waals surface area contributed by atoms with E-state index in [0.29, 0.717) is 45.0 Å². The number of rotatable bonds is 7. The van der Waals surface area contributed by atoms with E-state index in [9.17, 15) is 14.9 Å². The number of nitrogens with zero attached hydrogens (tertiary/aromatic N) is 3. The van der Waals surface area contributed by atoms with Gasteiger partial charge in [0.15, 0.2) is 5.75 Å². The molecule has 8 heteroatoms. The lowest BCUT2D eigenvalue weighted by atomic mass is 10.1. The molecule has 2 aromatic rings. The van der Waals surface area contributed by atoms with E-state index in [1.807, 2.05) is 31.2 Å². The van der Waals surface area contributed by atoms with E-state index in [1.54, 1.807) is 17.9 Å². The van der Waals surface area contributed by atoms with E-state index in [4.69, 9.17) is 9.47 Å². The highest BCUT2D eigenvalue weighted by Crippen LogP contribution is 2.30. The molecule has 8 nitrogen and oxygen atoms in total. The summed E-state index contributed by atoms with van der Waals surface area (Å²) in [6, 6.07) is 12.2. The molecule has 1 aliphatic rings. The molecule has 2 aromatic carbocycles. The number of ether oxygens (including phenoxy) is 2. The van der Waals surface area contributed by atoms with E-state index >= 15 is 0 Å². The largest absolute Gasteiger partial charge is 0.492 e. The molecule has 0 saturated carbocycles. The summed E-state index contributed by atoms with van der Waals surface area (Å²) in [4.78, 5) is 27.6. The van der Waals surface area contributed by atoms with Crippen molar-refractivity contribution in [2.75, 3.05) is 44.3 Å². The first-order valence-electron chi connectivity index (χ1n) is 9.72. The molecule has 1 saturated heterocycles. The number of nitro benzene ring substituents is 1. The summed E-state index contributed by atoms with van der Waals surface area (Å²) in [5.74, 6) is 0.789. The number of hydrogen-bond acceptors (Lipinski definition) is 6. The molecule has 1 aliphatic heterocycles. The van der Waals surface area contributed by atoms with Crippen LogP contribution in [0.25, 0.3) is 0 Å². The zero-order valence-corrected chi connectivity index (χ0v) is 16.7. The average molecular weight is 399 g/mol. The molecule has 1 fully saturated rings. The molecule has 0 N–H and O–H groups in total. The number of benzene rings is 2. The van der Waals surface area contributed by atoms with Gasteiger partial charge in [0.25, 0.3) is 5.91 Å². The van der Waals surface area contributed by atoms with Crippen LogP contribution < -0.4 is 14.4 Å². The molecule has 3 rings (SSSR count). The highest BCUT2D eigenvalue weighted by atomic mass is 16.6. The summed E-state index contributed by atoms with van der Waals surface area (Å²) >= 11 is 0. The first kappa shape index (κ1) is 20.4. The van der Waals surface area contributed by atoms with Gasteiger partial charge < -0.3 is 19.3 Å². The topological polar surface area (TPSA) is 85.2 Å². The lowest BCUT2D eigenvalue weighted by Gasteiger charge is -2.36. The Hall–Kier alpha value is -3.29. The van der Waals surface area contributed by atoms with Crippen LogP contribution in [0.4, 0.5) is 11.4 Å². The fourth-order valence-electron chi connectivity index (χ4n) is 3.40. The molecule has 0 aromatic heterocycles. The minimum Gasteiger partial charge on any atom is -0.492 e. The maximum atomic E-state index is 12.9. The van der Waals surface area contributed by atoms with Gasteiger partial charge in [-0.15, -0.1) is 0 Å². The van der Waals surface area contributed by atoms with Crippen molar-refractivity contribution in [2.24, 2.45) is 0 Å². The maximum absolute atomic E-state index is 12.9. The minimum absolute atomic E-state index is 0.173. The summed E-state index contributed by atoms with van der Waals surface area (Å²) in [6.07, 6.45) is 0. The summed E-state index contributed by atoms with van der Waals surface area (Å²) < 4.78 is 11.0. The van der Waals surface area contributed by atoms with E-state index < -0.39 is 4.92 Å². The van der Waals surface area contributed by atoms with Gasteiger partial charge in [-0.2, -0.15) is 0 Å². The van der Waals surface area contributed by atoms with Crippen molar-refractivity contribution in [2.45, 2.75) is 13.8 Å². The third-order valence-corrected chi connectivity index (χ3v) is 4.78. The minimum atomic E-state index is -0.523. The SMILES string of the molecule is CCOc1ccccc1N1CCN(C(=O)c2ccc(OCC)c([N+](=O)[O-])c2)CC1. The average Bonchev–Trinajstić information content (AvgIpc) is 2.74. The molecular weight excluding hydrogens is 374 g/mol. The van der Waals surface area contributed by atoms with Gasteiger partial charge in [-0.1, -0.05) is 12.1 Å². The number of amides is 1. The number of carbonyl (C=O) groups excluding carboxylic acids is 1. The molecule has 0 spiro atoms. The van der Waals surface area contributed by atoms with Gasteiger partial charge in [-0.05, 0) is 38.1 Å². The lowest BCUT2D eigenvalue weighted by molar-refractivity contribution is -0.385. The first-order valence-corrected chi connectivity index (χ1v) is 9.72. The summed E-state index contributed by atoms with van der Waals surface area (Å²) in [5.41, 5.74) is 1.11. The molecule has 0 atom stereocenters. The van der Waals surface area contributed by atoms with Gasteiger partial charge in [0.05, 0.1) is 23.8 Å². The predicted molar refractivity (Wildman–Crippen MR) is 110 cm³/mol. The Bertz CT molecular complexity index is 878. The number of carbonyl (C=O) groups is 1. The van der Waals surface area contributed by atoms with Crippen molar-refractivity contribution in [1.29, 1.82) is 0 Å². The fraction of sp³-hybridized carbons (Fsp3) is 0.381. The van der Waals surface area contributed by atoms with Crippen LogP contribution in [-0.4, -0.2) is 55.1 Å². The Kier molecular flexibility index (Phi) is 6.54. The van der Waals surface area contributed by atoms with Crippen LogP contribution in [0.3, 0.4) is 0 Å². The molecule has 154 valence electrons. The number of hydrogen-bond donors (Lipinski definition) is 0. The van der Waals surface area contributed by atoms with Crippen LogP contribution in [0, 0.1) is 10.1 Å². The highest BCUT2D eigenvalue weighted by Gasteiger charge is 2.26. The monoisotopic (exact) mass is 399 g/mol. The van der Waals surface area contributed by atoms with Gasteiger partial charge in [-0.3, -0.25) is 14.9 Å². The highest BCUT2D eigenvalue weighted by molar-refractivity contribution is 5.95. The van der Waals surface area contributed by atoms with Gasteiger partial charge in [0.1, 0.15) is 5.75 Å². The quantitative estimate of drug-likeness (QED) is 0.524. The van der Waals surface area contributed by atoms with Crippen molar-refractivity contribution in [3.63, 3.8) is 0 Å². The Morgan fingerprint density at radius 1 is 1.00 bits per heavy atom. The Balaban J connectivity index is 1.71. The molecule has 29 heavy (non-hydrogen) atoms. The maximum Gasteiger partial charge on any atom is 0.311 e. The fourth-order valence-corrected chi connectivity index (χ4v) is 3.40. The molecule has 0 radical (unpaired) electrons. The van der Waals surface area contributed by atoms with Gasteiger partial charge in [0, 0.05) is 37.8 Å². The summed E-state index contributed by atoms with van der Waals surface area (Å²) in [6.45, 7) is 6.99. The van der Waals surface area contributed by atoms with Crippen LogP contribution in [0.5, 0.6) is 11.5 Å². The third-order valence-electron chi connectivity index (χ3n) is 4.78. The van der Waals surface area contributed by atoms with E-state index in [1.165, 1.54) is 12.1 Å². The molecule has 0 aliphatic carbocycles. The smallest absolute Gasteiger partial charge is 0.311 e. The van der Waals surface area contributed by atoms with Crippen LogP contribution in [0.2, 0.25) is 0 Å². The third kappa shape index (κ3) is 4.59. The van der Waals surface area contributed by atoms with E-state index in [0.717, 1.165) is 11.4 Å². The number of anilines is 1. The zero-order valence-electron chi connectivity index (χ0n) is 16.7. The molecule has 1 amide bonds. The zero-order chi connectivity index (χ0) is 20.8. The second-order valence-electron chi connectivity index (χ2n) is 6.55. The molecule has 1 heterocycles. The van der Waals surface area contributed by atoms with Crippen molar-refractivity contribution < 1.29 is 19.2 Å². The summed E-state index contributed by atoms with van der Waals surface area (Å²) in [5, 5.41) is 11.3. The molecule has 0 bridgehead atoms. The van der Waals surface area contributed by atoms with E-state index in [2.05, 4.69) is 4.90 Å². The van der Waals surface area contributed by atoms with Crippen molar-refractivity contribution in [1.82, 2.24) is 4.90 Å². The standard InChI is InChI=1S/C21H25N3O5/c1-3-28-19-8-6-5-7-17(19)22-11-13-23(14-12-22)21(25)16-9-10-20(29-4-2)18(15-16)24(26)27/h5-10,15H,3-4,11-14H2,1-2H3. The van der Waals surface area contributed by atoms with Gasteiger partial charge >= 0.3 is 5.69 Å². The number of para-hydroxylation sites is 2. The molecular formula is C21H25N3O5. The lowest BCUT2D eigenvalue weighted by Crippen LogP contribution is -2.48. The van der Waals surface area contributed by atoms with E-state index in [-0.39, 0.29) is 17.3 Å². The predicted octanol–water partition coefficient (Wildman–Crippen LogP) is 3.35. The summed E-state index contributed by atoms with van der Waals surface area (Å²) in [7, 11) is 0. The number of piperazine rings is 1. The van der Waals surface area contributed by atoms with Crippen LogP contribution >= 0.6 is 0 Å². The Morgan fingerprint density at radius 3 is 2.31 bits per heavy atom. The normalized spacial score (nSPS) is 13.9. The second kappa shape index (κ2) is 9.27. The van der Waals surface area contributed by atoms with Gasteiger partial charge in [0.2, 0.25) is 0 Å². The van der Waals surface area contributed by atoms with Crippen molar-refractivity contribution >= 4 is 17.3 Å². The molecule has 0 unspecified atom stereocenters. The Morgan fingerprint density at radius 2 is 1.66 bits per heavy atom. The Labute approximate surface area is 169 Å². The van der Waals surface area contributed by atoms with Gasteiger partial charge in [-0.25, -0.2) is 0 Å². The first-order chi connectivity index (χ1) is 14.0. The van der Waals surface area contributed by atoms with Crippen molar-refractivity contribution in [3.05, 3.63) is 58.1 Å². The van der Waals surface area contributed by atoms with Crippen molar-refractivity contribution in [3.8, 4) is 11.5 Å². The van der Waals surface area contributed by atoms with Crippen LogP contribution in [0.15, 0.2) is 42.5 Å². The van der Waals surface area contributed by atoms with Crippen LogP contribution in [0.1, 0.15) is 24.2 Å². The second-order valence-corrected chi connectivity index (χ2v) is 6.55. The number of nitro groups is 1.